The molecule has 0 bridgehead atoms. The molecule has 0 saturated carbocycles. The van der Waals surface area contributed by atoms with E-state index in [9.17, 15) is 9.18 Å². The van der Waals surface area contributed by atoms with Gasteiger partial charge in [-0.05, 0) is 31.2 Å². The summed E-state index contributed by atoms with van der Waals surface area (Å²) >= 11 is 0. The second-order valence-electron chi connectivity index (χ2n) is 3.28. The molecule has 0 saturated heterocycles. The number of hydrogen-bond acceptors (Lipinski definition) is 5. The molecule has 0 aliphatic carbocycles. The van der Waals surface area contributed by atoms with Crippen LogP contribution in [0.3, 0.4) is 0 Å². The third-order valence-electron chi connectivity index (χ3n) is 1.99. The van der Waals surface area contributed by atoms with Crippen molar-refractivity contribution in [1.29, 1.82) is 0 Å². The smallest absolute Gasteiger partial charge is 0.399 e. The van der Waals surface area contributed by atoms with Crippen LogP contribution in [0.1, 0.15) is 17.4 Å². The van der Waals surface area contributed by atoms with E-state index < -0.39 is 5.97 Å². The lowest BCUT2D eigenvalue weighted by Crippen LogP contribution is -2.04. The second-order valence-corrected chi connectivity index (χ2v) is 3.28. The molecule has 94 valence electrons. The summed E-state index contributed by atoms with van der Waals surface area (Å²) in [5, 5.41) is 0. The standard InChI is InChI=1S/C12H10FNO4/c1-2-16-11(15)10-7-17-12(14-10)18-9-5-3-8(13)4-6-9/h3-7H,2H2,1H3. The zero-order chi connectivity index (χ0) is 13.0. The number of rotatable bonds is 4. The third-order valence-corrected chi connectivity index (χ3v) is 1.99. The van der Waals surface area contributed by atoms with Gasteiger partial charge >= 0.3 is 12.0 Å². The molecule has 0 radical (unpaired) electrons. The molecule has 5 nitrogen and oxygen atoms in total. The summed E-state index contributed by atoms with van der Waals surface area (Å²) in [5.74, 6) is -0.606. The Labute approximate surface area is 102 Å². The summed E-state index contributed by atoms with van der Waals surface area (Å²) in [4.78, 5) is 15.1. The van der Waals surface area contributed by atoms with Crippen LogP contribution in [-0.4, -0.2) is 17.6 Å². The van der Waals surface area contributed by atoms with Gasteiger partial charge in [0.1, 0.15) is 17.8 Å². The maximum absolute atomic E-state index is 12.7. The van der Waals surface area contributed by atoms with E-state index in [0.717, 1.165) is 6.26 Å². The summed E-state index contributed by atoms with van der Waals surface area (Å²) in [6.45, 7) is 1.94. The van der Waals surface area contributed by atoms with Crippen LogP contribution in [-0.2, 0) is 4.74 Å². The van der Waals surface area contributed by atoms with Gasteiger partial charge in [0.05, 0.1) is 6.61 Å². The Morgan fingerprint density at radius 1 is 1.39 bits per heavy atom. The Morgan fingerprint density at radius 2 is 2.11 bits per heavy atom. The van der Waals surface area contributed by atoms with Crippen molar-refractivity contribution in [1.82, 2.24) is 4.98 Å². The van der Waals surface area contributed by atoms with E-state index in [4.69, 9.17) is 13.9 Å². The molecule has 0 fully saturated rings. The first-order valence-electron chi connectivity index (χ1n) is 5.25. The van der Waals surface area contributed by atoms with Gasteiger partial charge in [-0.15, -0.1) is 0 Å². The maximum atomic E-state index is 12.7. The highest BCUT2D eigenvalue weighted by Crippen LogP contribution is 2.20. The van der Waals surface area contributed by atoms with Gasteiger partial charge in [-0.25, -0.2) is 9.18 Å². The van der Waals surface area contributed by atoms with Crippen LogP contribution in [0.4, 0.5) is 4.39 Å². The Bertz CT molecular complexity index is 535. The van der Waals surface area contributed by atoms with Crippen molar-refractivity contribution < 1.29 is 23.1 Å². The van der Waals surface area contributed by atoms with E-state index in [1.165, 1.54) is 24.3 Å². The van der Waals surface area contributed by atoms with Crippen LogP contribution in [0.25, 0.3) is 0 Å². The van der Waals surface area contributed by atoms with Gasteiger partial charge in [0.15, 0.2) is 5.69 Å². The van der Waals surface area contributed by atoms with E-state index in [2.05, 4.69) is 4.98 Å². The predicted molar refractivity (Wildman–Crippen MR) is 58.9 cm³/mol. The van der Waals surface area contributed by atoms with E-state index in [0.29, 0.717) is 5.75 Å². The quantitative estimate of drug-likeness (QED) is 0.782. The molecule has 2 aromatic rings. The zero-order valence-electron chi connectivity index (χ0n) is 9.55. The fourth-order valence-electron chi connectivity index (χ4n) is 1.21. The van der Waals surface area contributed by atoms with Gasteiger partial charge in [-0.1, -0.05) is 0 Å². The lowest BCUT2D eigenvalue weighted by atomic mass is 10.3. The lowest BCUT2D eigenvalue weighted by molar-refractivity contribution is 0.0519. The van der Waals surface area contributed by atoms with Crippen LogP contribution < -0.4 is 4.74 Å². The molecule has 18 heavy (non-hydrogen) atoms. The van der Waals surface area contributed by atoms with Crippen LogP contribution in [0.5, 0.6) is 11.8 Å². The highest BCUT2D eigenvalue weighted by Gasteiger charge is 2.14. The van der Waals surface area contributed by atoms with E-state index >= 15 is 0 Å². The van der Waals surface area contributed by atoms with Gasteiger partial charge in [-0.3, -0.25) is 0 Å². The van der Waals surface area contributed by atoms with E-state index in [1.54, 1.807) is 6.92 Å². The molecule has 0 unspecified atom stereocenters. The largest absolute Gasteiger partial charge is 0.461 e. The van der Waals surface area contributed by atoms with Gasteiger partial charge in [-0.2, -0.15) is 4.98 Å². The third kappa shape index (κ3) is 2.85. The molecule has 1 aromatic heterocycles. The first-order valence-corrected chi connectivity index (χ1v) is 5.25. The predicted octanol–water partition coefficient (Wildman–Crippen LogP) is 2.78. The van der Waals surface area contributed by atoms with Gasteiger partial charge in [0.25, 0.3) is 0 Å². The van der Waals surface area contributed by atoms with Crippen molar-refractivity contribution >= 4 is 5.97 Å². The first-order chi connectivity index (χ1) is 8.69. The van der Waals surface area contributed by atoms with Crippen molar-refractivity contribution in [2.24, 2.45) is 0 Å². The summed E-state index contributed by atoms with van der Waals surface area (Å²) in [7, 11) is 0. The Hall–Kier alpha value is -2.37. The minimum atomic E-state index is -0.588. The number of nitrogens with zero attached hydrogens (tertiary/aromatic N) is 1. The molecule has 0 spiro atoms. The summed E-state index contributed by atoms with van der Waals surface area (Å²) in [6.07, 6.45) is 1.03. The van der Waals surface area contributed by atoms with Crippen LogP contribution in [0.15, 0.2) is 34.9 Å². The molecule has 0 atom stereocenters. The number of carbonyl (C=O) groups excluding carboxylic acids is 1. The lowest BCUT2D eigenvalue weighted by Gasteiger charge is -1.99. The van der Waals surface area contributed by atoms with Crippen molar-refractivity contribution in [2.45, 2.75) is 6.92 Å². The minimum Gasteiger partial charge on any atom is -0.461 e. The molecule has 0 N–H and O–H groups in total. The van der Waals surface area contributed by atoms with Gasteiger partial charge < -0.3 is 13.9 Å². The molecular formula is C12H10FNO4. The average molecular weight is 251 g/mol. The summed E-state index contributed by atoms with van der Waals surface area (Å²) < 4.78 is 27.5. The number of oxazole rings is 1. The number of hydrogen-bond donors (Lipinski definition) is 0. The van der Waals surface area contributed by atoms with E-state index in [-0.39, 0.29) is 24.2 Å². The number of halogens is 1. The van der Waals surface area contributed by atoms with Gasteiger partial charge in [0.2, 0.25) is 0 Å². The Kier molecular flexibility index (Phi) is 3.57. The molecule has 1 aromatic carbocycles. The van der Waals surface area contributed by atoms with Crippen LogP contribution in [0.2, 0.25) is 0 Å². The fraction of sp³-hybridized carbons (Fsp3) is 0.167. The number of esters is 1. The first kappa shape index (κ1) is 12.1. The number of carbonyl (C=O) groups is 1. The normalized spacial score (nSPS) is 10.1. The highest BCUT2D eigenvalue weighted by atomic mass is 19.1. The van der Waals surface area contributed by atoms with Crippen molar-refractivity contribution in [3.63, 3.8) is 0 Å². The van der Waals surface area contributed by atoms with Crippen LogP contribution in [0, 0.1) is 5.82 Å². The monoisotopic (exact) mass is 251 g/mol. The van der Waals surface area contributed by atoms with Crippen molar-refractivity contribution in [3.05, 3.63) is 42.0 Å². The highest BCUT2D eigenvalue weighted by molar-refractivity contribution is 5.86. The van der Waals surface area contributed by atoms with Crippen molar-refractivity contribution in [2.75, 3.05) is 6.61 Å². The summed E-state index contributed by atoms with van der Waals surface area (Å²) in [5.41, 5.74) is 0.0222. The molecule has 2 rings (SSSR count). The average Bonchev–Trinajstić information content (AvgIpc) is 2.81. The minimum absolute atomic E-state index is 0.0222. The molecule has 0 aliphatic rings. The van der Waals surface area contributed by atoms with Gasteiger partial charge in [0, 0.05) is 0 Å². The summed E-state index contributed by atoms with van der Waals surface area (Å²) in [6, 6.07) is 5.32. The van der Waals surface area contributed by atoms with E-state index in [1.807, 2.05) is 0 Å². The number of ether oxygens (including phenoxy) is 2. The molecule has 1 heterocycles. The molecule has 0 amide bonds. The molecular weight excluding hydrogens is 241 g/mol. The Balaban J connectivity index is 2.06. The Morgan fingerprint density at radius 3 is 2.78 bits per heavy atom. The van der Waals surface area contributed by atoms with Crippen LogP contribution >= 0.6 is 0 Å². The molecule has 6 heteroatoms. The SMILES string of the molecule is CCOC(=O)c1coc(Oc2ccc(F)cc2)n1. The maximum Gasteiger partial charge on any atom is 0.399 e. The number of aromatic nitrogens is 1. The van der Waals surface area contributed by atoms with Crippen molar-refractivity contribution in [3.8, 4) is 11.8 Å². The topological polar surface area (TPSA) is 61.6 Å². The molecule has 0 aliphatic heterocycles. The fourth-order valence-corrected chi connectivity index (χ4v) is 1.21. The zero-order valence-corrected chi connectivity index (χ0v) is 9.55. The second kappa shape index (κ2) is 5.31. The number of benzene rings is 1.